The van der Waals surface area contributed by atoms with E-state index in [4.69, 9.17) is 5.11 Å². The number of halogens is 1. The molecule has 0 aliphatic heterocycles. The summed E-state index contributed by atoms with van der Waals surface area (Å²) in [5, 5.41) is 14.9. The molecule has 1 aromatic rings. The van der Waals surface area contributed by atoms with E-state index in [1.54, 1.807) is 0 Å². The number of hydrogen-bond acceptors (Lipinski definition) is 3. The van der Waals surface area contributed by atoms with Crippen molar-refractivity contribution in [1.29, 1.82) is 0 Å². The van der Waals surface area contributed by atoms with Crippen molar-refractivity contribution < 1.29 is 14.7 Å². The Hall–Kier alpha value is -1.40. The molecule has 0 bridgehead atoms. The highest BCUT2D eigenvalue weighted by molar-refractivity contribution is 9.10. The Morgan fingerprint density at radius 2 is 1.95 bits per heavy atom. The number of rotatable bonds is 6. The van der Waals surface area contributed by atoms with Crippen LogP contribution < -0.4 is 10.6 Å². The van der Waals surface area contributed by atoms with Crippen molar-refractivity contribution in [3.63, 3.8) is 0 Å². The molecule has 1 saturated carbocycles. The van der Waals surface area contributed by atoms with Crippen molar-refractivity contribution in [2.24, 2.45) is 11.8 Å². The van der Waals surface area contributed by atoms with E-state index in [9.17, 15) is 9.59 Å². The molecular weight excluding hydrogens is 336 g/mol. The standard InChI is InChI=1S/C15H19BrN2O3/c16-11-4-6-12(7-5-11)18-14(19)9-17-8-10-2-1-3-13(10)15(20)21/h4-7,10,13,17H,1-3,8-9H2,(H,18,19)(H,20,21). The second-order valence-corrected chi connectivity index (χ2v) is 6.24. The highest BCUT2D eigenvalue weighted by atomic mass is 79.9. The van der Waals surface area contributed by atoms with Gasteiger partial charge in [-0.05, 0) is 49.6 Å². The summed E-state index contributed by atoms with van der Waals surface area (Å²) in [5.41, 5.74) is 0.745. The Morgan fingerprint density at radius 3 is 2.62 bits per heavy atom. The molecule has 0 radical (unpaired) electrons. The zero-order chi connectivity index (χ0) is 15.2. The van der Waals surface area contributed by atoms with Crippen molar-refractivity contribution in [1.82, 2.24) is 5.32 Å². The van der Waals surface area contributed by atoms with Crippen LogP contribution in [0.1, 0.15) is 19.3 Å². The molecule has 1 aliphatic carbocycles. The van der Waals surface area contributed by atoms with Crippen molar-refractivity contribution in [3.8, 4) is 0 Å². The highest BCUT2D eigenvalue weighted by Crippen LogP contribution is 2.31. The summed E-state index contributed by atoms with van der Waals surface area (Å²) in [7, 11) is 0. The van der Waals surface area contributed by atoms with Crippen molar-refractivity contribution in [3.05, 3.63) is 28.7 Å². The summed E-state index contributed by atoms with van der Waals surface area (Å²) in [6.45, 7) is 0.767. The van der Waals surface area contributed by atoms with Crippen molar-refractivity contribution in [2.75, 3.05) is 18.4 Å². The molecule has 21 heavy (non-hydrogen) atoms. The molecule has 0 saturated heterocycles. The largest absolute Gasteiger partial charge is 0.481 e. The van der Waals surface area contributed by atoms with Gasteiger partial charge in [0.15, 0.2) is 0 Å². The third-order valence-electron chi connectivity index (χ3n) is 3.80. The second kappa shape index (κ2) is 7.56. The van der Waals surface area contributed by atoms with E-state index in [1.807, 2.05) is 24.3 Å². The number of carbonyl (C=O) groups excluding carboxylic acids is 1. The maximum Gasteiger partial charge on any atom is 0.306 e. The number of carboxylic acids is 1. The Labute approximate surface area is 132 Å². The van der Waals surface area contributed by atoms with Gasteiger partial charge in [0.2, 0.25) is 5.91 Å². The average molecular weight is 355 g/mol. The van der Waals surface area contributed by atoms with Gasteiger partial charge >= 0.3 is 5.97 Å². The van der Waals surface area contributed by atoms with Gasteiger partial charge in [-0.25, -0.2) is 0 Å². The first-order valence-corrected chi connectivity index (χ1v) is 7.84. The fourth-order valence-corrected chi connectivity index (χ4v) is 2.98. The van der Waals surface area contributed by atoms with Crippen LogP contribution >= 0.6 is 15.9 Å². The first-order chi connectivity index (χ1) is 10.1. The van der Waals surface area contributed by atoms with E-state index < -0.39 is 5.97 Å². The monoisotopic (exact) mass is 354 g/mol. The topological polar surface area (TPSA) is 78.4 Å². The molecule has 114 valence electrons. The average Bonchev–Trinajstić information content (AvgIpc) is 2.90. The molecule has 3 N–H and O–H groups in total. The Bertz CT molecular complexity index is 504. The van der Waals surface area contributed by atoms with Crippen LogP contribution in [-0.4, -0.2) is 30.1 Å². The fraction of sp³-hybridized carbons (Fsp3) is 0.467. The van der Waals surface area contributed by atoms with Gasteiger partial charge in [-0.3, -0.25) is 9.59 Å². The minimum absolute atomic E-state index is 0.123. The van der Waals surface area contributed by atoms with Gasteiger partial charge in [-0.15, -0.1) is 0 Å². The van der Waals surface area contributed by atoms with Crippen molar-refractivity contribution >= 4 is 33.5 Å². The molecule has 5 nitrogen and oxygen atoms in total. The smallest absolute Gasteiger partial charge is 0.306 e. The number of benzene rings is 1. The van der Waals surface area contributed by atoms with Gasteiger partial charge in [-0.2, -0.15) is 0 Å². The number of aliphatic carboxylic acids is 1. The number of anilines is 1. The van der Waals surface area contributed by atoms with Crippen LogP contribution in [0, 0.1) is 11.8 Å². The lowest BCUT2D eigenvalue weighted by atomic mass is 9.96. The fourth-order valence-electron chi connectivity index (χ4n) is 2.72. The van der Waals surface area contributed by atoms with Gasteiger partial charge in [0, 0.05) is 10.2 Å². The predicted octanol–water partition coefficient (Wildman–Crippen LogP) is 2.48. The number of hydrogen-bond donors (Lipinski definition) is 3. The third-order valence-corrected chi connectivity index (χ3v) is 4.33. The lowest BCUT2D eigenvalue weighted by molar-refractivity contribution is -0.142. The normalized spacial score (nSPS) is 21.2. The summed E-state index contributed by atoms with van der Waals surface area (Å²) >= 11 is 3.34. The maximum absolute atomic E-state index is 11.8. The van der Waals surface area contributed by atoms with E-state index in [-0.39, 0.29) is 24.3 Å². The van der Waals surface area contributed by atoms with Crippen LogP contribution in [0.15, 0.2) is 28.7 Å². The van der Waals surface area contributed by atoms with E-state index in [2.05, 4.69) is 26.6 Å². The zero-order valence-electron chi connectivity index (χ0n) is 11.6. The molecule has 0 heterocycles. The van der Waals surface area contributed by atoms with E-state index >= 15 is 0 Å². The molecule has 1 aliphatic rings. The lowest BCUT2D eigenvalue weighted by Crippen LogP contribution is -2.34. The van der Waals surface area contributed by atoms with Crippen LogP contribution in [0.3, 0.4) is 0 Å². The SMILES string of the molecule is O=C(CNCC1CCCC1C(=O)O)Nc1ccc(Br)cc1. The first-order valence-electron chi connectivity index (χ1n) is 7.05. The summed E-state index contributed by atoms with van der Waals surface area (Å²) in [5.74, 6) is -0.990. The van der Waals surface area contributed by atoms with E-state index in [0.29, 0.717) is 6.54 Å². The molecule has 6 heteroatoms. The molecular formula is C15H19BrN2O3. The molecule has 1 aromatic carbocycles. The van der Waals surface area contributed by atoms with Crippen LogP contribution in [0.2, 0.25) is 0 Å². The maximum atomic E-state index is 11.8. The molecule has 2 atom stereocenters. The predicted molar refractivity (Wildman–Crippen MR) is 84.1 cm³/mol. The molecule has 2 rings (SSSR count). The third kappa shape index (κ3) is 4.82. The summed E-state index contributed by atoms with van der Waals surface area (Å²) < 4.78 is 0.958. The summed E-state index contributed by atoms with van der Waals surface area (Å²) in [4.78, 5) is 22.9. The molecule has 0 spiro atoms. The van der Waals surface area contributed by atoms with Gasteiger partial charge in [0.05, 0.1) is 12.5 Å². The van der Waals surface area contributed by atoms with Gasteiger partial charge in [0.1, 0.15) is 0 Å². The van der Waals surface area contributed by atoms with E-state index in [1.165, 1.54) is 0 Å². The van der Waals surface area contributed by atoms with Gasteiger partial charge in [0.25, 0.3) is 0 Å². The van der Waals surface area contributed by atoms with Crippen LogP contribution in [0.4, 0.5) is 5.69 Å². The molecule has 0 aromatic heterocycles. The quantitative estimate of drug-likeness (QED) is 0.733. The molecule has 1 amide bonds. The number of carbonyl (C=O) groups is 2. The minimum Gasteiger partial charge on any atom is -0.481 e. The lowest BCUT2D eigenvalue weighted by Gasteiger charge is -2.16. The molecule has 2 unspecified atom stereocenters. The van der Waals surface area contributed by atoms with Crippen LogP contribution in [0.25, 0.3) is 0 Å². The number of amides is 1. The van der Waals surface area contributed by atoms with Gasteiger partial charge in [-0.1, -0.05) is 22.4 Å². The number of carboxylic acid groups (broad SMARTS) is 1. The van der Waals surface area contributed by atoms with Crippen LogP contribution in [0.5, 0.6) is 0 Å². The highest BCUT2D eigenvalue weighted by Gasteiger charge is 2.32. The van der Waals surface area contributed by atoms with E-state index in [0.717, 1.165) is 29.4 Å². The Kier molecular flexibility index (Phi) is 5.76. The first kappa shape index (κ1) is 16.0. The Morgan fingerprint density at radius 1 is 1.24 bits per heavy atom. The zero-order valence-corrected chi connectivity index (χ0v) is 13.2. The number of nitrogens with one attached hydrogen (secondary N) is 2. The summed E-state index contributed by atoms with van der Waals surface area (Å²) in [6, 6.07) is 7.36. The molecule has 1 fully saturated rings. The van der Waals surface area contributed by atoms with Crippen LogP contribution in [-0.2, 0) is 9.59 Å². The minimum atomic E-state index is -0.724. The van der Waals surface area contributed by atoms with Crippen molar-refractivity contribution in [2.45, 2.75) is 19.3 Å². The Balaban J connectivity index is 1.72. The second-order valence-electron chi connectivity index (χ2n) is 5.32. The summed E-state index contributed by atoms with van der Waals surface area (Å²) in [6.07, 6.45) is 2.61. The van der Waals surface area contributed by atoms with Gasteiger partial charge < -0.3 is 15.7 Å².